The number of carbonyl (C=O) groups excluding carboxylic acids is 2. The number of amides is 1. The van der Waals surface area contributed by atoms with Gasteiger partial charge in [0.15, 0.2) is 5.78 Å². The molecule has 3 rings (SSSR count). The highest BCUT2D eigenvalue weighted by Gasteiger charge is 2.17. The van der Waals surface area contributed by atoms with Crippen molar-refractivity contribution in [3.63, 3.8) is 0 Å². The first-order chi connectivity index (χ1) is 14.2. The van der Waals surface area contributed by atoms with Crippen LogP contribution in [0.4, 0.5) is 0 Å². The van der Waals surface area contributed by atoms with E-state index in [1.165, 1.54) is 11.5 Å². The first kappa shape index (κ1) is 21.2. The molecule has 0 radical (unpaired) electrons. The van der Waals surface area contributed by atoms with Crippen LogP contribution in [0.2, 0.25) is 0 Å². The summed E-state index contributed by atoms with van der Waals surface area (Å²) in [5.41, 5.74) is 1.03. The maximum Gasteiger partial charge on any atom is 0.336 e. The summed E-state index contributed by atoms with van der Waals surface area (Å²) in [5.74, 6) is -0.410. The number of aromatic nitrogens is 2. The maximum absolute atomic E-state index is 13.3. The zero-order valence-electron chi connectivity index (χ0n) is 17.6. The summed E-state index contributed by atoms with van der Waals surface area (Å²) in [6.07, 6.45) is 0.766. The van der Waals surface area contributed by atoms with Crippen molar-refractivity contribution in [1.82, 2.24) is 14.5 Å². The van der Waals surface area contributed by atoms with Crippen molar-refractivity contribution in [2.75, 3.05) is 0 Å². The maximum atomic E-state index is 13.3. The van der Waals surface area contributed by atoms with Gasteiger partial charge in [0.25, 0.3) is 5.56 Å². The van der Waals surface area contributed by atoms with Crippen LogP contribution in [0.5, 0.6) is 0 Å². The van der Waals surface area contributed by atoms with Gasteiger partial charge in [-0.2, -0.15) is 0 Å². The second-order valence-corrected chi connectivity index (χ2v) is 7.51. The molecule has 0 spiro atoms. The largest absolute Gasteiger partial charge is 0.352 e. The van der Waals surface area contributed by atoms with Gasteiger partial charge in [0, 0.05) is 11.6 Å². The Morgan fingerprint density at radius 3 is 2.33 bits per heavy atom. The number of nitrogens with zero attached hydrogens (tertiary/aromatic N) is 2. The van der Waals surface area contributed by atoms with Gasteiger partial charge in [0.05, 0.1) is 16.6 Å². The van der Waals surface area contributed by atoms with E-state index < -0.39 is 11.2 Å². The van der Waals surface area contributed by atoms with E-state index in [0.29, 0.717) is 22.2 Å². The molecule has 1 amide bonds. The highest BCUT2D eigenvalue weighted by atomic mass is 16.2. The number of fused-ring (bicyclic) bond motifs is 1. The number of rotatable bonds is 6. The fourth-order valence-corrected chi connectivity index (χ4v) is 3.28. The molecule has 0 fully saturated rings. The quantitative estimate of drug-likeness (QED) is 0.636. The average molecular weight is 407 g/mol. The summed E-state index contributed by atoms with van der Waals surface area (Å²) >= 11 is 0. The molecule has 1 atom stereocenters. The number of benzene rings is 2. The van der Waals surface area contributed by atoms with Crippen LogP contribution in [0, 0.1) is 6.92 Å². The molecule has 2 aromatic carbocycles. The van der Waals surface area contributed by atoms with Crippen LogP contribution in [0.3, 0.4) is 0 Å². The summed E-state index contributed by atoms with van der Waals surface area (Å²) in [6.45, 7) is 6.95. The van der Waals surface area contributed by atoms with Crippen molar-refractivity contribution in [2.45, 2.75) is 46.7 Å². The molecule has 7 nitrogen and oxygen atoms in total. The smallest absolute Gasteiger partial charge is 0.336 e. The van der Waals surface area contributed by atoms with Crippen LogP contribution in [0.1, 0.15) is 43.1 Å². The van der Waals surface area contributed by atoms with Gasteiger partial charge in [-0.3, -0.25) is 19.0 Å². The predicted molar refractivity (Wildman–Crippen MR) is 116 cm³/mol. The summed E-state index contributed by atoms with van der Waals surface area (Å²) in [6, 6.07) is 11.4. The number of hydrogen-bond donors (Lipinski definition) is 1. The lowest BCUT2D eigenvalue weighted by atomic mass is 10.1. The molecule has 156 valence electrons. The van der Waals surface area contributed by atoms with E-state index in [1.54, 1.807) is 42.5 Å². The lowest BCUT2D eigenvalue weighted by Gasteiger charge is -2.16. The molecule has 30 heavy (non-hydrogen) atoms. The van der Waals surface area contributed by atoms with Gasteiger partial charge in [0.2, 0.25) is 5.91 Å². The Balaban J connectivity index is 2.23. The normalized spacial score (nSPS) is 12.0. The van der Waals surface area contributed by atoms with Gasteiger partial charge in [-0.05, 0) is 63.6 Å². The van der Waals surface area contributed by atoms with E-state index >= 15 is 0 Å². The molecule has 1 heterocycles. The van der Waals surface area contributed by atoms with E-state index in [0.717, 1.165) is 16.6 Å². The molecule has 0 aliphatic heterocycles. The van der Waals surface area contributed by atoms with Crippen molar-refractivity contribution in [3.05, 3.63) is 74.4 Å². The topological polar surface area (TPSA) is 90.2 Å². The number of hydrogen-bond acceptors (Lipinski definition) is 4. The van der Waals surface area contributed by atoms with Gasteiger partial charge in [-0.25, -0.2) is 9.36 Å². The molecule has 0 saturated carbocycles. The third-order valence-corrected chi connectivity index (χ3v) is 5.15. The third-order valence-electron chi connectivity index (χ3n) is 5.15. The van der Waals surface area contributed by atoms with Crippen molar-refractivity contribution in [1.29, 1.82) is 0 Å². The van der Waals surface area contributed by atoms with Crippen LogP contribution >= 0.6 is 0 Å². The van der Waals surface area contributed by atoms with E-state index in [9.17, 15) is 19.2 Å². The fourth-order valence-electron chi connectivity index (χ4n) is 3.28. The summed E-state index contributed by atoms with van der Waals surface area (Å²) in [4.78, 5) is 50.5. The van der Waals surface area contributed by atoms with Crippen molar-refractivity contribution in [2.24, 2.45) is 0 Å². The average Bonchev–Trinajstić information content (AvgIpc) is 2.71. The SMILES string of the molecule is CCC(C)NC(=O)Cn1c(=O)n(-c2ccc(C(C)=O)cc2)c(=O)c2cc(C)ccc21. The van der Waals surface area contributed by atoms with Gasteiger partial charge < -0.3 is 5.32 Å². The minimum absolute atomic E-state index is 0.0215. The van der Waals surface area contributed by atoms with E-state index in [-0.39, 0.29) is 24.3 Å². The minimum atomic E-state index is -0.605. The van der Waals surface area contributed by atoms with Crippen LogP contribution in [-0.2, 0) is 11.3 Å². The predicted octanol–water partition coefficient (Wildman–Crippen LogP) is 2.58. The van der Waals surface area contributed by atoms with E-state index in [4.69, 9.17) is 0 Å². The Kier molecular flexibility index (Phi) is 6.01. The first-order valence-electron chi connectivity index (χ1n) is 9.90. The second-order valence-electron chi connectivity index (χ2n) is 7.51. The van der Waals surface area contributed by atoms with Crippen LogP contribution in [0.25, 0.3) is 16.6 Å². The molecule has 1 unspecified atom stereocenters. The first-order valence-corrected chi connectivity index (χ1v) is 9.90. The van der Waals surface area contributed by atoms with Gasteiger partial charge in [-0.15, -0.1) is 0 Å². The minimum Gasteiger partial charge on any atom is -0.352 e. The molecule has 1 N–H and O–H groups in total. The Bertz CT molecular complexity index is 1240. The zero-order chi connectivity index (χ0) is 22.0. The number of aryl methyl sites for hydroxylation is 1. The molecule has 3 aromatic rings. The lowest BCUT2D eigenvalue weighted by Crippen LogP contribution is -2.43. The van der Waals surface area contributed by atoms with Gasteiger partial charge >= 0.3 is 5.69 Å². The Morgan fingerprint density at radius 1 is 1.07 bits per heavy atom. The standard InChI is InChI=1S/C23H25N3O4/c1-5-15(3)24-21(28)13-25-20-11-6-14(2)12-19(20)22(29)26(23(25)30)18-9-7-17(8-10-18)16(4)27/h6-12,15H,5,13H2,1-4H3,(H,24,28). The van der Waals surface area contributed by atoms with Crippen LogP contribution in [0.15, 0.2) is 52.1 Å². The summed E-state index contributed by atoms with van der Waals surface area (Å²) in [7, 11) is 0. The van der Waals surface area contributed by atoms with E-state index in [1.807, 2.05) is 20.8 Å². The number of nitrogens with one attached hydrogen (secondary N) is 1. The Morgan fingerprint density at radius 2 is 1.73 bits per heavy atom. The Hall–Kier alpha value is -3.48. The number of Topliss-reactive ketones (excluding diaryl/α,β-unsaturated/α-hetero) is 1. The van der Waals surface area contributed by atoms with Crippen molar-refractivity contribution >= 4 is 22.6 Å². The molecule has 0 aliphatic rings. The van der Waals surface area contributed by atoms with Gasteiger partial charge in [-0.1, -0.05) is 18.6 Å². The Labute approximate surface area is 174 Å². The monoisotopic (exact) mass is 407 g/mol. The zero-order valence-corrected chi connectivity index (χ0v) is 17.6. The molecule has 7 heteroatoms. The molecule has 0 aliphatic carbocycles. The van der Waals surface area contributed by atoms with Crippen LogP contribution in [-0.4, -0.2) is 26.9 Å². The third kappa shape index (κ3) is 4.10. The molecule has 0 bridgehead atoms. The van der Waals surface area contributed by atoms with Gasteiger partial charge in [0.1, 0.15) is 6.54 Å². The number of ketones is 1. The van der Waals surface area contributed by atoms with E-state index in [2.05, 4.69) is 5.32 Å². The van der Waals surface area contributed by atoms with Crippen LogP contribution < -0.4 is 16.6 Å². The molecular formula is C23H25N3O4. The molecule has 0 saturated heterocycles. The second kappa shape index (κ2) is 8.49. The van der Waals surface area contributed by atoms with Crippen molar-refractivity contribution in [3.8, 4) is 5.69 Å². The molecular weight excluding hydrogens is 382 g/mol. The van der Waals surface area contributed by atoms with Crippen molar-refractivity contribution < 1.29 is 9.59 Å². The number of carbonyl (C=O) groups is 2. The molecule has 1 aromatic heterocycles. The summed E-state index contributed by atoms with van der Waals surface area (Å²) < 4.78 is 2.36. The fraction of sp³-hybridized carbons (Fsp3) is 0.304. The highest BCUT2D eigenvalue weighted by molar-refractivity contribution is 5.94. The lowest BCUT2D eigenvalue weighted by molar-refractivity contribution is -0.122. The summed E-state index contributed by atoms with van der Waals surface area (Å²) in [5, 5.41) is 3.20. The highest BCUT2D eigenvalue weighted by Crippen LogP contribution is 2.13.